The van der Waals surface area contributed by atoms with Crippen molar-refractivity contribution in [3.05, 3.63) is 54.1 Å². The first-order valence-corrected chi connectivity index (χ1v) is 9.87. The van der Waals surface area contributed by atoms with Gasteiger partial charge in [0.2, 0.25) is 0 Å². The summed E-state index contributed by atoms with van der Waals surface area (Å²) in [6.07, 6.45) is 5.03. The average Bonchev–Trinajstić information content (AvgIpc) is 2.73. The molecule has 0 bridgehead atoms. The zero-order valence-electron chi connectivity index (χ0n) is 17.4. The van der Waals surface area contributed by atoms with Crippen LogP contribution in [0.3, 0.4) is 0 Å². The van der Waals surface area contributed by atoms with Gasteiger partial charge in [0.25, 0.3) is 11.8 Å². The van der Waals surface area contributed by atoms with E-state index in [9.17, 15) is 14.4 Å². The average molecular weight is 445 g/mol. The molecule has 0 atom stereocenters. The monoisotopic (exact) mass is 444 g/mol. The summed E-state index contributed by atoms with van der Waals surface area (Å²) in [7, 11) is 1.27. The number of carbonyl (C=O) groups is 3. The molecule has 0 aliphatic carbocycles. The second-order valence-corrected chi connectivity index (χ2v) is 6.71. The first-order chi connectivity index (χ1) is 14.9. The molecule has 1 N–H and O–H groups in total. The number of hydrogen-bond donors (Lipinski definition) is 1. The molecule has 2 amide bonds. The predicted molar refractivity (Wildman–Crippen MR) is 120 cm³/mol. The van der Waals surface area contributed by atoms with Gasteiger partial charge in [-0.25, -0.2) is 4.79 Å². The third-order valence-electron chi connectivity index (χ3n) is 4.19. The molecule has 9 heteroatoms. The summed E-state index contributed by atoms with van der Waals surface area (Å²) in [6, 6.07) is 3.36. The fourth-order valence-corrected chi connectivity index (χ4v) is 3.10. The molecule has 0 radical (unpaired) electrons. The van der Waals surface area contributed by atoms with Crippen LogP contribution in [0.5, 0.6) is 11.5 Å². The van der Waals surface area contributed by atoms with E-state index in [1.54, 1.807) is 25.1 Å². The Morgan fingerprint density at radius 2 is 1.97 bits per heavy atom. The summed E-state index contributed by atoms with van der Waals surface area (Å²) in [6.45, 7) is 9.35. The van der Waals surface area contributed by atoms with Crippen molar-refractivity contribution < 1.29 is 28.6 Å². The summed E-state index contributed by atoms with van der Waals surface area (Å²) in [5.74, 6) is -0.934. The van der Waals surface area contributed by atoms with Gasteiger partial charge in [-0.15, -0.1) is 13.2 Å². The van der Waals surface area contributed by atoms with Crippen molar-refractivity contribution in [1.29, 1.82) is 0 Å². The zero-order chi connectivity index (χ0) is 23.0. The van der Waals surface area contributed by atoms with Crippen LogP contribution >= 0.6 is 12.2 Å². The lowest BCUT2D eigenvalue weighted by Gasteiger charge is -2.27. The van der Waals surface area contributed by atoms with Crippen LogP contribution in [0.4, 0.5) is 0 Å². The zero-order valence-corrected chi connectivity index (χ0v) is 18.3. The standard InChI is InChI=1S/C22H24N2O6S/c1-5-8-15-10-14(12-17(29-7-3)19(15)30-13-18(25)28-4)11-16-20(26)23-22(31)24(9-6-2)21(16)27/h5-6,10-12H,1-2,7-9,13H2,3-4H3,(H,23,26,31)/b16-11+. The molecule has 1 fully saturated rings. The Hall–Kier alpha value is -3.46. The number of esters is 1. The topological polar surface area (TPSA) is 94.2 Å². The summed E-state index contributed by atoms with van der Waals surface area (Å²) in [4.78, 5) is 37.9. The quantitative estimate of drug-likeness (QED) is 0.194. The number of nitrogens with zero attached hydrogens (tertiary/aromatic N) is 1. The van der Waals surface area contributed by atoms with Gasteiger partial charge < -0.3 is 14.2 Å². The lowest BCUT2D eigenvalue weighted by molar-refractivity contribution is -0.143. The van der Waals surface area contributed by atoms with E-state index >= 15 is 0 Å². The number of ether oxygens (including phenoxy) is 3. The molecule has 1 aliphatic heterocycles. The normalized spacial score (nSPS) is 14.8. The van der Waals surface area contributed by atoms with Gasteiger partial charge in [-0.05, 0) is 49.3 Å². The number of carbonyl (C=O) groups excluding carboxylic acids is 3. The Kier molecular flexibility index (Phi) is 8.51. The van der Waals surface area contributed by atoms with Crippen LogP contribution < -0.4 is 14.8 Å². The Morgan fingerprint density at radius 1 is 1.23 bits per heavy atom. The molecule has 1 aromatic rings. The number of hydrogen-bond acceptors (Lipinski definition) is 7. The molecule has 0 unspecified atom stereocenters. The molecule has 164 valence electrons. The molecule has 1 aromatic carbocycles. The highest BCUT2D eigenvalue weighted by atomic mass is 32.1. The van der Waals surface area contributed by atoms with E-state index in [-0.39, 0.29) is 23.8 Å². The van der Waals surface area contributed by atoms with Crippen molar-refractivity contribution in [2.75, 3.05) is 26.9 Å². The summed E-state index contributed by atoms with van der Waals surface area (Å²) < 4.78 is 15.9. The molecule has 0 spiro atoms. The number of benzene rings is 1. The maximum atomic E-state index is 12.8. The van der Waals surface area contributed by atoms with Gasteiger partial charge in [-0.2, -0.15) is 0 Å². The third-order valence-corrected chi connectivity index (χ3v) is 4.51. The summed E-state index contributed by atoms with van der Waals surface area (Å²) in [5.41, 5.74) is 1.13. The summed E-state index contributed by atoms with van der Waals surface area (Å²) in [5, 5.41) is 2.53. The Morgan fingerprint density at radius 3 is 2.58 bits per heavy atom. The number of methoxy groups -OCH3 is 1. The van der Waals surface area contributed by atoms with E-state index in [1.165, 1.54) is 24.2 Å². The molecule has 0 aromatic heterocycles. The Labute approximate surface area is 186 Å². The number of thiocarbonyl (C=S) groups is 1. The lowest BCUT2D eigenvalue weighted by atomic mass is 10.0. The van der Waals surface area contributed by atoms with Gasteiger partial charge in [0.1, 0.15) is 5.57 Å². The second-order valence-electron chi connectivity index (χ2n) is 6.32. The van der Waals surface area contributed by atoms with Crippen LogP contribution in [0.25, 0.3) is 6.08 Å². The van der Waals surface area contributed by atoms with E-state index in [4.69, 9.17) is 21.7 Å². The smallest absolute Gasteiger partial charge is 0.343 e. The molecular weight excluding hydrogens is 420 g/mol. The predicted octanol–water partition coefficient (Wildman–Crippen LogP) is 2.18. The minimum Gasteiger partial charge on any atom is -0.490 e. The number of rotatable bonds is 10. The van der Waals surface area contributed by atoms with E-state index in [1.807, 2.05) is 0 Å². The van der Waals surface area contributed by atoms with Gasteiger partial charge in [0.15, 0.2) is 23.2 Å². The fourth-order valence-electron chi connectivity index (χ4n) is 2.85. The van der Waals surface area contributed by atoms with Crippen LogP contribution in [0.1, 0.15) is 18.1 Å². The third kappa shape index (κ3) is 5.79. The van der Waals surface area contributed by atoms with E-state index in [2.05, 4.69) is 23.2 Å². The minimum atomic E-state index is -0.593. The van der Waals surface area contributed by atoms with Crippen molar-refractivity contribution in [3.8, 4) is 11.5 Å². The molecule has 1 aliphatic rings. The summed E-state index contributed by atoms with van der Waals surface area (Å²) >= 11 is 5.06. The number of amides is 2. The SMILES string of the molecule is C=CCc1cc(/C=C2\C(=O)NC(=S)N(CC=C)C2=O)cc(OCC)c1OCC(=O)OC. The highest BCUT2D eigenvalue weighted by Gasteiger charge is 2.32. The molecule has 2 rings (SSSR count). The highest BCUT2D eigenvalue weighted by molar-refractivity contribution is 7.80. The van der Waals surface area contributed by atoms with Crippen LogP contribution in [0.15, 0.2) is 43.0 Å². The first-order valence-electron chi connectivity index (χ1n) is 9.46. The van der Waals surface area contributed by atoms with Crippen molar-refractivity contribution in [2.45, 2.75) is 13.3 Å². The molecule has 1 saturated heterocycles. The van der Waals surface area contributed by atoms with E-state index in [0.717, 1.165) is 0 Å². The maximum absolute atomic E-state index is 12.8. The first kappa shape index (κ1) is 23.8. The minimum absolute atomic E-state index is 0.0287. The van der Waals surface area contributed by atoms with Crippen molar-refractivity contribution in [2.24, 2.45) is 0 Å². The van der Waals surface area contributed by atoms with Crippen LogP contribution in [-0.4, -0.2) is 54.7 Å². The van der Waals surface area contributed by atoms with E-state index in [0.29, 0.717) is 35.7 Å². The molecular formula is C22H24N2O6S. The second kappa shape index (κ2) is 11.1. The lowest BCUT2D eigenvalue weighted by Crippen LogP contribution is -2.53. The van der Waals surface area contributed by atoms with E-state index < -0.39 is 17.8 Å². The van der Waals surface area contributed by atoms with Gasteiger partial charge in [-0.1, -0.05) is 12.2 Å². The molecule has 31 heavy (non-hydrogen) atoms. The van der Waals surface area contributed by atoms with Gasteiger partial charge in [0.05, 0.1) is 13.7 Å². The largest absolute Gasteiger partial charge is 0.490 e. The highest BCUT2D eigenvalue weighted by Crippen LogP contribution is 2.35. The van der Waals surface area contributed by atoms with Crippen LogP contribution in [-0.2, 0) is 25.5 Å². The number of nitrogens with one attached hydrogen (secondary N) is 1. The van der Waals surface area contributed by atoms with Crippen molar-refractivity contribution in [3.63, 3.8) is 0 Å². The van der Waals surface area contributed by atoms with Crippen LogP contribution in [0.2, 0.25) is 0 Å². The maximum Gasteiger partial charge on any atom is 0.343 e. The van der Waals surface area contributed by atoms with Crippen molar-refractivity contribution >= 4 is 41.2 Å². The van der Waals surface area contributed by atoms with Gasteiger partial charge >= 0.3 is 5.97 Å². The Balaban J connectivity index is 2.52. The molecule has 0 saturated carbocycles. The van der Waals surface area contributed by atoms with Gasteiger partial charge in [0, 0.05) is 12.1 Å². The molecule has 1 heterocycles. The van der Waals surface area contributed by atoms with Crippen molar-refractivity contribution in [1.82, 2.24) is 10.2 Å². The van der Waals surface area contributed by atoms with Gasteiger partial charge in [-0.3, -0.25) is 19.8 Å². The fraction of sp³-hybridized carbons (Fsp3) is 0.273. The Bertz CT molecular complexity index is 954. The van der Waals surface area contributed by atoms with Crippen LogP contribution in [0, 0.1) is 0 Å². The molecule has 8 nitrogen and oxygen atoms in total. The number of allylic oxidation sites excluding steroid dienone is 1.